The Kier molecular flexibility index (Phi) is 5.11. The highest BCUT2D eigenvalue weighted by Gasteiger charge is 2.21. The quantitative estimate of drug-likeness (QED) is 0.859. The smallest absolute Gasteiger partial charge is 0.291 e. The molecule has 0 fully saturated rings. The third-order valence-electron chi connectivity index (χ3n) is 3.12. The molecule has 2 rings (SSSR count). The molecule has 2 aromatic rings. The summed E-state index contributed by atoms with van der Waals surface area (Å²) in [6.45, 7) is 3.81. The predicted octanol–water partition coefficient (Wildman–Crippen LogP) is 2.25. The minimum absolute atomic E-state index is 0.109. The number of halogens is 1. The molecule has 0 atom stereocenters. The first kappa shape index (κ1) is 17.8. The number of sulfonamides is 1. The molecular formula is C14H14ClN5O3S. The number of aryl methyl sites for hydroxylation is 2. The maximum absolute atomic E-state index is 12.2. The summed E-state index contributed by atoms with van der Waals surface area (Å²) in [6, 6.07) is 6.30. The van der Waals surface area contributed by atoms with Crippen molar-refractivity contribution < 1.29 is 13.2 Å². The molecule has 0 radical (unpaired) electrons. The number of anilines is 1. The summed E-state index contributed by atoms with van der Waals surface area (Å²) in [5.41, 5.74) is 0.617. The highest BCUT2D eigenvalue weighted by Crippen LogP contribution is 2.19. The highest BCUT2D eigenvalue weighted by molar-refractivity contribution is 7.90. The second kappa shape index (κ2) is 6.90. The van der Waals surface area contributed by atoms with Gasteiger partial charge in [0.2, 0.25) is 0 Å². The van der Waals surface area contributed by atoms with E-state index >= 15 is 0 Å². The van der Waals surface area contributed by atoms with Crippen molar-refractivity contribution >= 4 is 33.5 Å². The van der Waals surface area contributed by atoms with Crippen LogP contribution in [0.2, 0.25) is 5.02 Å². The largest absolute Gasteiger partial charge is 0.334 e. The fourth-order valence-electron chi connectivity index (χ4n) is 2.00. The Balaban J connectivity index is 2.23. The van der Waals surface area contributed by atoms with Gasteiger partial charge in [0, 0.05) is 11.6 Å². The van der Waals surface area contributed by atoms with E-state index in [-0.39, 0.29) is 16.3 Å². The number of benzene rings is 1. The van der Waals surface area contributed by atoms with Crippen LogP contribution in [0.5, 0.6) is 0 Å². The SMILES string of the molecule is CCn1nc(C)c(C#N)c1NC(=O)NS(=O)(=O)c1ccc(Cl)cc1. The molecule has 24 heavy (non-hydrogen) atoms. The zero-order chi connectivity index (χ0) is 17.9. The van der Waals surface area contributed by atoms with E-state index in [2.05, 4.69) is 10.4 Å². The van der Waals surface area contributed by atoms with Crippen molar-refractivity contribution in [3.05, 3.63) is 40.5 Å². The number of nitriles is 1. The number of carbonyl (C=O) groups is 1. The maximum Gasteiger partial charge on any atom is 0.334 e. The summed E-state index contributed by atoms with van der Waals surface area (Å²) in [5.74, 6) is 0.140. The van der Waals surface area contributed by atoms with Crippen LogP contribution >= 0.6 is 11.6 Å². The minimum atomic E-state index is -4.06. The lowest BCUT2D eigenvalue weighted by atomic mass is 10.2. The molecule has 0 unspecified atom stereocenters. The molecule has 10 heteroatoms. The normalized spacial score (nSPS) is 10.9. The van der Waals surface area contributed by atoms with Crippen LogP contribution in [0, 0.1) is 18.3 Å². The van der Waals surface area contributed by atoms with Crippen molar-refractivity contribution in [3.63, 3.8) is 0 Å². The lowest BCUT2D eigenvalue weighted by Gasteiger charge is -2.10. The maximum atomic E-state index is 12.2. The van der Waals surface area contributed by atoms with Crippen LogP contribution in [0.3, 0.4) is 0 Å². The molecule has 1 aromatic heterocycles. The van der Waals surface area contributed by atoms with Crippen molar-refractivity contribution in [1.29, 1.82) is 5.26 Å². The van der Waals surface area contributed by atoms with E-state index in [1.54, 1.807) is 13.8 Å². The van der Waals surface area contributed by atoms with Crippen molar-refractivity contribution in [3.8, 4) is 6.07 Å². The van der Waals surface area contributed by atoms with Gasteiger partial charge in [0.05, 0.1) is 10.6 Å². The van der Waals surface area contributed by atoms with E-state index in [1.165, 1.54) is 28.9 Å². The molecule has 1 aromatic carbocycles. The number of nitrogens with one attached hydrogen (secondary N) is 2. The molecule has 8 nitrogen and oxygen atoms in total. The molecule has 1 heterocycles. The number of hydrogen-bond donors (Lipinski definition) is 2. The summed E-state index contributed by atoms with van der Waals surface area (Å²) in [7, 11) is -4.06. The Bertz CT molecular complexity index is 913. The van der Waals surface area contributed by atoms with Gasteiger partial charge in [0.15, 0.2) is 5.82 Å². The molecule has 0 aliphatic heterocycles. The first-order chi connectivity index (χ1) is 11.3. The Morgan fingerprint density at radius 1 is 1.38 bits per heavy atom. The van der Waals surface area contributed by atoms with E-state index in [4.69, 9.17) is 16.9 Å². The topological polar surface area (TPSA) is 117 Å². The summed E-state index contributed by atoms with van der Waals surface area (Å²) in [4.78, 5) is 11.9. The molecule has 0 aliphatic rings. The van der Waals surface area contributed by atoms with Crippen LogP contribution in [-0.2, 0) is 16.6 Å². The van der Waals surface area contributed by atoms with Crippen LogP contribution < -0.4 is 10.0 Å². The average molecular weight is 368 g/mol. The van der Waals surface area contributed by atoms with E-state index in [1.807, 2.05) is 10.8 Å². The van der Waals surface area contributed by atoms with Gasteiger partial charge in [-0.2, -0.15) is 10.4 Å². The number of aromatic nitrogens is 2. The van der Waals surface area contributed by atoms with Gasteiger partial charge < -0.3 is 0 Å². The molecular weight excluding hydrogens is 354 g/mol. The van der Waals surface area contributed by atoms with Gasteiger partial charge in [0.25, 0.3) is 10.0 Å². The van der Waals surface area contributed by atoms with Gasteiger partial charge in [-0.15, -0.1) is 0 Å². The molecule has 0 bridgehead atoms. The van der Waals surface area contributed by atoms with Crippen LogP contribution in [-0.4, -0.2) is 24.2 Å². The fourth-order valence-corrected chi connectivity index (χ4v) is 3.03. The van der Waals surface area contributed by atoms with Gasteiger partial charge in [-0.3, -0.25) is 5.32 Å². The van der Waals surface area contributed by atoms with E-state index in [0.29, 0.717) is 17.3 Å². The van der Waals surface area contributed by atoms with Gasteiger partial charge in [-0.25, -0.2) is 22.6 Å². The van der Waals surface area contributed by atoms with Crippen molar-refractivity contribution in [2.24, 2.45) is 0 Å². The first-order valence-electron chi connectivity index (χ1n) is 6.85. The Hall–Kier alpha value is -2.57. The van der Waals surface area contributed by atoms with Crippen LogP contribution in [0.25, 0.3) is 0 Å². The molecule has 0 spiro atoms. The molecule has 0 aliphatic carbocycles. The number of rotatable bonds is 4. The lowest BCUT2D eigenvalue weighted by Crippen LogP contribution is -2.35. The van der Waals surface area contributed by atoms with E-state index in [0.717, 1.165) is 0 Å². The number of nitrogens with zero attached hydrogens (tertiary/aromatic N) is 3. The van der Waals surface area contributed by atoms with Gasteiger partial charge in [0.1, 0.15) is 11.6 Å². The van der Waals surface area contributed by atoms with E-state index < -0.39 is 16.1 Å². The van der Waals surface area contributed by atoms with Gasteiger partial charge in [-0.05, 0) is 38.1 Å². The standard InChI is InChI=1S/C14H14ClN5O3S/c1-3-20-13(12(8-16)9(2)18-20)17-14(21)19-24(22,23)11-6-4-10(15)5-7-11/h4-7H,3H2,1-2H3,(H2,17,19,21). The Morgan fingerprint density at radius 2 is 2.00 bits per heavy atom. The number of carbonyl (C=O) groups excluding carboxylic acids is 1. The monoisotopic (exact) mass is 367 g/mol. The zero-order valence-electron chi connectivity index (χ0n) is 12.9. The van der Waals surface area contributed by atoms with Crippen LogP contribution in [0.4, 0.5) is 10.6 Å². The molecule has 0 saturated carbocycles. The average Bonchev–Trinajstić information content (AvgIpc) is 2.81. The first-order valence-corrected chi connectivity index (χ1v) is 8.71. The Morgan fingerprint density at radius 3 is 2.54 bits per heavy atom. The Labute approximate surface area is 144 Å². The summed E-state index contributed by atoms with van der Waals surface area (Å²) >= 11 is 5.71. The van der Waals surface area contributed by atoms with Crippen molar-refractivity contribution in [1.82, 2.24) is 14.5 Å². The fraction of sp³-hybridized carbons (Fsp3) is 0.214. The lowest BCUT2D eigenvalue weighted by molar-refractivity contribution is 0.256. The number of amides is 2. The van der Waals surface area contributed by atoms with Crippen LogP contribution in [0.15, 0.2) is 29.2 Å². The molecule has 0 saturated heterocycles. The second-order valence-corrected chi connectivity index (χ2v) is 6.87. The minimum Gasteiger partial charge on any atom is -0.291 e. The zero-order valence-corrected chi connectivity index (χ0v) is 14.4. The van der Waals surface area contributed by atoms with Gasteiger partial charge in [-0.1, -0.05) is 11.6 Å². The number of urea groups is 1. The third kappa shape index (κ3) is 3.67. The van der Waals surface area contributed by atoms with E-state index in [9.17, 15) is 13.2 Å². The summed E-state index contributed by atoms with van der Waals surface area (Å²) in [5, 5.41) is 16.0. The molecule has 2 N–H and O–H groups in total. The second-order valence-electron chi connectivity index (χ2n) is 4.75. The van der Waals surface area contributed by atoms with Gasteiger partial charge >= 0.3 is 6.03 Å². The molecule has 2 amide bonds. The summed E-state index contributed by atoms with van der Waals surface area (Å²) in [6.07, 6.45) is 0. The third-order valence-corrected chi connectivity index (χ3v) is 4.72. The highest BCUT2D eigenvalue weighted by atomic mass is 35.5. The van der Waals surface area contributed by atoms with Crippen LogP contribution in [0.1, 0.15) is 18.2 Å². The van der Waals surface area contributed by atoms with Crippen molar-refractivity contribution in [2.45, 2.75) is 25.3 Å². The molecule has 126 valence electrons. The predicted molar refractivity (Wildman–Crippen MR) is 88.1 cm³/mol. The summed E-state index contributed by atoms with van der Waals surface area (Å²) < 4.78 is 27.6. The van der Waals surface area contributed by atoms with Crippen molar-refractivity contribution in [2.75, 3.05) is 5.32 Å². The number of hydrogen-bond acceptors (Lipinski definition) is 5.